The lowest BCUT2D eigenvalue weighted by atomic mass is 9.84. The molecule has 2 aromatic carbocycles. The Morgan fingerprint density at radius 3 is 2.07 bits per heavy atom. The normalized spacial score (nSPS) is 25.1. The molecule has 1 atom stereocenters. The summed E-state index contributed by atoms with van der Waals surface area (Å²) in [6.45, 7) is 3.42. The standard InChI is InChI=1S/C24H30BrNO/c25-23-12-10-22(11-13-23)24(27,16-19-4-2-1-3-5-19)14-15-26-17-20-6-7-21(18-26)9-8-20/h1-5,10-13,20-21,27H,6-9,14-18H2/t20?,21?,24-/m0/s1. The summed E-state index contributed by atoms with van der Waals surface area (Å²) in [4.78, 5) is 2.63. The van der Waals surface area contributed by atoms with Crippen LogP contribution in [0.1, 0.15) is 43.2 Å². The molecule has 2 aliphatic heterocycles. The smallest absolute Gasteiger partial charge is 0.0948 e. The first kappa shape index (κ1) is 19.2. The fraction of sp³-hybridized carbons (Fsp3) is 0.500. The number of halogens is 1. The molecule has 0 radical (unpaired) electrons. The number of nitrogens with zero attached hydrogens (tertiary/aromatic N) is 1. The van der Waals surface area contributed by atoms with Gasteiger partial charge in [-0.1, -0.05) is 58.4 Å². The van der Waals surface area contributed by atoms with Crippen LogP contribution in [0.3, 0.4) is 0 Å². The van der Waals surface area contributed by atoms with Crippen molar-refractivity contribution >= 4 is 15.9 Å². The topological polar surface area (TPSA) is 23.5 Å². The number of rotatable bonds is 6. The van der Waals surface area contributed by atoms with Crippen molar-refractivity contribution in [2.75, 3.05) is 19.6 Å². The second kappa shape index (κ2) is 8.46. The average molecular weight is 428 g/mol. The molecule has 5 rings (SSSR count). The van der Waals surface area contributed by atoms with Crippen molar-refractivity contribution in [3.05, 3.63) is 70.2 Å². The fourth-order valence-corrected chi connectivity index (χ4v) is 5.22. The van der Waals surface area contributed by atoms with Gasteiger partial charge in [-0.15, -0.1) is 0 Å². The molecule has 2 saturated heterocycles. The minimum atomic E-state index is -0.826. The second-order valence-electron chi connectivity index (χ2n) is 8.60. The van der Waals surface area contributed by atoms with Gasteiger partial charge < -0.3 is 10.0 Å². The van der Waals surface area contributed by atoms with Gasteiger partial charge in [-0.25, -0.2) is 0 Å². The SMILES string of the molecule is O[C@@](CCN1CC2CCC(CC2)C1)(Cc1ccccc1)c1ccc(Br)cc1. The van der Waals surface area contributed by atoms with Gasteiger partial charge in [0.2, 0.25) is 0 Å². The van der Waals surface area contributed by atoms with Crippen molar-refractivity contribution in [1.82, 2.24) is 4.90 Å². The molecule has 27 heavy (non-hydrogen) atoms. The first-order valence-electron chi connectivity index (χ1n) is 10.4. The van der Waals surface area contributed by atoms with Crippen LogP contribution in [-0.4, -0.2) is 29.6 Å². The van der Waals surface area contributed by atoms with E-state index in [1.165, 1.54) is 44.3 Å². The zero-order valence-corrected chi connectivity index (χ0v) is 17.6. The lowest BCUT2D eigenvalue weighted by Gasteiger charge is -2.32. The van der Waals surface area contributed by atoms with Crippen LogP contribution in [-0.2, 0) is 12.0 Å². The maximum absolute atomic E-state index is 11.7. The van der Waals surface area contributed by atoms with E-state index >= 15 is 0 Å². The fourth-order valence-electron chi connectivity index (χ4n) is 4.96. The van der Waals surface area contributed by atoms with Gasteiger partial charge in [0.05, 0.1) is 5.60 Å². The molecule has 1 saturated carbocycles. The van der Waals surface area contributed by atoms with Gasteiger partial charge in [-0.05, 0) is 67.2 Å². The van der Waals surface area contributed by atoms with Gasteiger partial charge in [-0.3, -0.25) is 0 Å². The third kappa shape index (κ3) is 4.82. The van der Waals surface area contributed by atoms with Gasteiger partial charge in [0, 0.05) is 30.5 Å². The van der Waals surface area contributed by atoms with Crippen molar-refractivity contribution in [1.29, 1.82) is 0 Å². The predicted molar refractivity (Wildman–Crippen MR) is 115 cm³/mol. The van der Waals surface area contributed by atoms with Crippen LogP contribution < -0.4 is 0 Å². The molecule has 0 unspecified atom stereocenters. The highest BCUT2D eigenvalue weighted by atomic mass is 79.9. The predicted octanol–water partition coefficient (Wildman–Crippen LogP) is 5.39. The van der Waals surface area contributed by atoms with E-state index in [0.29, 0.717) is 6.42 Å². The molecule has 1 aliphatic carbocycles. The van der Waals surface area contributed by atoms with Crippen LogP contribution >= 0.6 is 15.9 Å². The van der Waals surface area contributed by atoms with Crippen LogP contribution in [0.5, 0.6) is 0 Å². The molecule has 3 heteroatoms. The minimum absolute atomic E-state index is 0.663. The Labute approximate surface area is 171 Å². The van der Waals surface area contributed by atoms with Gasteiger partial charge in [0.25, 0.3) is 0 Å². The minimum Gasteiger partial charge on any atom is -0.385 e. The monoisotopic (exact) mass is 427 g/mol. The summed E-state index contributed by atoms with van der Waals surface area (Å²) in [6, 6.07) is 18.6. The summed E-state index contributed by atoms with van der Waals surface area (Å²) in [5, 5.41) is 11.7. The molecule has 0 aromatic heterocycles. The molecular weight excluding hydrogens is 398 g/mol. The molecule has 3 aliphatic rings. The van der Waals surface area contributed by atoms with Crippen molar-refractivity contribution in [3.8, 4) is 0 Å². The lowest BCUT2D eigenvalue weighted by Crippen LogP contribution is -2.37. The van der Waals surface area contributed by atoms with Crippen LogP contribution in [0.4, 0.5) is 0 Å². The maximum atomic E-state index is 11.7. The van der Waals surface area contributed by atoms with E-state index in [4.69, 9.17) is 0 Å². The number of aliphatic hydroxyl groups is 1. The van der Waals surface area contributed by atoms with E-state index in [0.717, 1.165) is 34.8 Å². The highest BCUT2D eigenvalue weighted by molar-refractivity contribution is 9.10. The number of fused-ring (bicyclic) bond motifs is 4. The second-order valence-corrected chi connectivity index (χ2v) is 9.51. The summed E-state index contributed by atoms with van der Waals surface area (Å²) >= 11 is 3.52. The first-order chi connectivity index (χ1) is 13.1. The van der Waals surface area contributed by atoms with E-state index in [-0.39, 0.29) is 0 Å². The summed E-state index contributed by atoms with van der Waals surface area (Å²) < 4.78 is 1.05. The molecule has 2 heterocycles. The van der Waals surface area contributed by atoms with E-state index in [2.05, 4.69) is 57.2 Å². The Kier molecular flexibility index (Phi) is 6.01. The van der Waals surface area contributed by atoms with E-state index in [1.807, 2.05) is 18.2 Å². The van der Waals surface area contributed by atoms with Crippen molar-refractivity contribution in [2.45, 2.75) is 44.1 Å². The Bertz CT molecular complexity index is 710. The van der Waals surface area contributed by atoms with Crippen LogP contribution in [0.25, 0.3) is 0 Å². The summed E-state index contributed by atoms with van der Waals surface area (Å²) in [7, 11) is 0. The lowest BCUT2D eigenvalue weighted by molar-refractivity contribution is 0.0163. The van der Waals surface area contributed by atoms with Crippen molar-refractivity contribution in [3.63, 3.8) is 0 Å². The average Bonchev–Trinajstić information content (AvgIpc) is 3.01. The molecule has 3 fully saturated rings. The van der Waals surface area contributed by atoms with Gasteiger partial charge in [-0.2, -0.15) is 0 Å². The van der Waals surface area contributed by atoms with Crippen LogP contribution in [0, 0.1) is 11.8 Å². The van der Waals surface area contributed by atoms with Gasteiger partial charge in [0.1, 0.15) is 0 Å². The van der Waals surface area contributed by atoms with E-state index in [1.54, 1.807) is 0 Å². The quantitative estimate of drug-likeness (QED) is 0.667. The zero-order chi connectivity index (χ0) is 18.7. The van der Waals surface area contributed by atoms with Crippen molar-refractivity contribution < 1.29 is 5.11 Å². The zero-order valence-electron chi connectivity index (χ0n) is 16.0. The molecule has 2 nitrogen and oxygen atoms in total. The number of hydrogen-bond donors (Lipinski definition) is 1. The molecule has 2 bridgehead atoms. The highest BCUT2D eigenvalue weighted by Crippen LogP contribution is 2.35. The Morgan fingerprint density at radius 1 is 0.889 bits per heavy atom. The third-order valence-electron chi connectivity index (χ3n) is 6.56. The molecule has 0 spiro atoms. The molecule has 2 aromatic rings. The van der Waals surface area contributed by atoms with Gasteiger partial charge >= 0.3 is 0 Å². The first-order valence-corrected chi connectivity index (χ1v) is 11.1. The van der Waals surface area contributed by atoms with Gasteiger partial charge in [0.15, 0.2) is 0 Å². The Balaban J connectivity index is 1.51. The van der Waals surface area contributed by atoms with Crippen LogP contribution in [0.15, 0.2) is 59.1 Å². The molecule has 1 N–H and O–H groups in total. The Hall–Kier alpha value is -1.16. The highest BCUT2D eigenvalue weighted by Gasteiger charge is 2.33. The van der Waals surface area contributed by atoms with Crippen LogP contribution in [0.2, 0.25) is 0 Å². The number of benzene rings is 2. The molecular formula is C24H30BrNO. The van der Waals surface area contributed by atoms with Crippen molar-refractivity contribution in [2.24, 2.45) is 11.8 Å². The maximum Gasteiger partial charge on any atom is 0.0948 e. The summed E-state index contributed by atoms with van der Waals surface area (Å²) in [5.74, 6) is 1.75. The third-order valence-corrected chi connectivity index (χ3v) is 7.09. The molecule has 0 amide bonds. The largest absolute Gasteiger partial charge is 0.385 e. The molecule has 144 valence electrons. The summed E-state index contributed by atoms with van der Waals surface area (Å²) in [5.41, 5.74) is 1.39. The Morgan fingerprint density at radius 2 is 1.48 bits per heavy atom. The van der Waals surface area contributed by atoms with E-state index < -0.39 is 5.60 Å². The number of hydrogen-bond acceptors (Lipinski definition) is 2. The van der Waals surface area contributed by atoms with E-state index in [9.17, 15) is 5.11 Å². The summed E-state index contributed by atoms with van der Waals surface area (Å²) in [6.07, 6.45) is 7.06.